The lowest BCUT2D eigenvalue weighted by molar-refractivity contribution is -0.118. The predicted octanol–water partition coefficient (Wildman–Crippen LogP) is 3.92. The van der Waals surface area contributed by atoms with Crippen molar-refractivity contribution in [3.05, 3.63) is 40.8 Å². The molecule has 0 aliphatic heterocycles. The molecular weight excluding hydrogens is 402 g/mol. The Kier molecular flexibility index (Phi) is 5.66. The Morgan fingerprint density at radius 1 is 1.22 bits per heavy atom. The van der Waals surface area contributed by atoms with E-state index in [0.717, 1.165) is 32.7 Å². The molecule has 1 amide bonds. The molecule has 3 aromatic rings. The van der Waals surface area contributed by atoms with E-state index in [9.17, 15) is 13.2 Å². The fraction of sp³-hybridized carbons (Fsp3) is 0.333. The highest BCUT2D eigenvalue weighted by Gasteiger charge is 2.29. The van der Waals surface area contributed by atoms with Crippen molar-refractivity contribution in [2.75, 3.05) is 5.32 Å². The fourth-order valence-electron chi connectivity index (χ4n) is 2.74. The van der Waals surface area contributed by atoms with Crippen molar-refractivity contribution in [3.8, 4) is 0 Å². The fourth-order valence-corrected chi connectivity index (χ4v) is 6.14. The molecule has 0 radical (unpaired) electrons. The van der Waals surface area contributed by atoms with Gasteiger partial charge in [-0.15, -0.1) is 11.3 Å². The van der Waals surface area contributed by atoms with Crippen LogP contribution in [0.3, 0.4) is 0 Å². The number of rotatable bonds is 6. The van der Waals surface area contributed by atoms with Crippen LogP contribution in [0.1, 0.15) is 25.0 Å². The van der Waals surface area contributed by atoms with E-state index in [2.05, 4.69) is 15.0 Å². The van der Waals surface area contributed by atoms with Gasteiger partial charge in [-0.3, -0.25) is 4.79 Å². The Balaban J connectivity index is 1.83. The van der Waals surface area contributed by atoms with Gasteiger partial charge in [0.25, 0.3) is 10.0 Å². The number of fused-ring (bicyclic) bond motifs is 1. The average molecular weight is 424 g/mol. The molecule has 6 nitrogen and oxygen atoms in total. The van der Waals surface area contributed by atoms with Crippen molar-refractivity contribution in [2.45, 2.75) is 37.9 Å². The lowest BCUT2D eigenvalue weighted by Gasteiger charge is -2.20. The van der Waals surface area contributed by atoms with Gasteiger partial charge in [0.05, 0.1) is 10.2 Å². The zero-order chi connectivity index (χ0) is 19.8. The number of thiazole rings is 1. The van der Waals surface area contributed by atoms with Gasteiger partial charge in [-0.2, -0.15) is 4.72 Å². The normalized spacial score (nSPS) is 13.2. The predicted molar refractivity (Wildman–Crippen MR) is 111 cm³/mol. The number of carbonyl (C=O) groups excluding carboxylic acids is 1. The van der Waals surface area contributed by atoms with Gasteiger partial charge in [-0.1, -0.05) is 37.3 Å². The molecule has 3 rings (SSSR count). The van der Waals surface area contributed by atoms with Crippen LogP contribution in [-0.4, -0.2) is 25.4 Å². The van der Waals surface area contributed by atoms with Gasteiger partial charge in [-0.05, 0) is 48.4 Å². The number of nitrogens with zero attached hydrogens (tertiary/aromatic N) is 1. The van der Waals surface area contributed by atoms with Crippen molar-refractivity contribution in [3.63, 3.8) is 0 Å². The second-order valence-electron chi connectivity index (χ2n) is 6.71. The van der Waals surface area contributed by atoms with Crippen LogP contribution in [0.5, 0.6) is 0 Å². The monoisotopic (exact) mass is 423 g/mol. The van der Waals surface area contributed by atoms with Gasteiger partial charge in [0.2, 0.25) is 5.91 Å². The number of benzene rings is 1. The Labute approximate surface area is 166 Å². The number of aromatic nitrogens is 1. The number of sulfonamides is 1. The maximum atomic E-state index is 12.8. The number of hydrogen-bond acceptors (Lipinski definition) is 6. The van der Waals surface area contributed by atoms with Gasteiger partial charge in [0.15, 0.2) is 5.13 Å². The van der Waals surface area contributed by atoms with Crippen LogP contribution in [0, 0.1) is 19.8 Å². The Morgan fingerprint density at radius 3 is 2.59 bits per heavy atom. The molecule has 0 saturated heterocycles. The van der Waals surface area contributed by atoms with Gasteiger partial charge in [-0.25, -0.2) is 13.4 Å². The number of amides is 1. The first-order valence-electron chi connectivity index (χ1n) is 8.42. The lowest BCUT2D eigenvalue weighted by Crippen LogP contribution is -2.46. The highest BCUT2D eigenvalue weighted by atomic mass is 32.2. The quantitative estimate of drug-likeness (QED) is 0.629. The summed E-state index contributed by atoms with van der Waals surface area (Å²) in [5.74, 6) is -0.642. The van der Waals surface area contributed by atoms with Crippen LogP contribution in [0.4, 0.5) is 5.13 Å². The van der Waals surface area contributed by atoms with E-state index in [-0.39, 0.29) is 10.1 Å². The maximum absolute atomic E-state index is 12.8. The number of anilines is 1. The molecule has 144 valence electrons. The molecule has 0 fully saturated rings. The highest BCUT2D eigenvalue weighted by Crippen LogP contribution is 2.29. The molecule has 0 spiro atoms. The van der Waals surface area contributed by atoms with Crippen molar-refractivity contribution in [1.29, 1.82) is 0 Å². The van der Waals surface area contributed by atoms with Crippen LogP contribution in [0.25, 0.3) is 10.2 Å². The average Bonchev–Trinajstić information content (AvgIpc) is 3.22. The molecule has 0 aliphatic rings. The number of thiophene rings is 1. The molecule has 1 aromatic carbocycles. The van der Waals surface area contributed by atoms with Crippen LogP contribution < -0.4 is 10.0 Å². The first kappa shape index (κ1) is 19.9. The minimum atomic E-state index is -3.74. The molecule has 27 heavy (non-hydrogen) atoms. The molecule has 2 aromatic heterocycles. The third kappa shape index (κ3) is 4.37. The third-order valence-corrected chi connectivity index (χ3v) is 7.81. The van der Waals surface area contributed by atoms with Gasteiger partial charge in [0.1, 0.15) is 10.3 Å². The zero-order valence-electron chi connectivity index (χ0n) is 15.4. The van der Waals surface area contributed by atoms with E-state index in [1.165, 1.54) is 17.4 Å². The molecule has 0 aliphatic carbocycles. The molecule has 2 heterocycles. The third-order valence-electron chi connectivity index (χ3n) is 4.05. The molecule has 0 bridgehead atoms. The minimum Gasteiger partial charge on any atom is -0.301 e. The second-order valence-corrected chi connectivity index (χ2v) is 10.6. The summed E-state index contributed by atoms with van der Waals surface area (Å²) in [4.78, 5) is 17.3. The Morgan fingerprint density at radius 2 is 1.96 bits per heavy atom. The van der Waals surface area contributed by atoms with Crippen LogP contribution >= 0.6 is 22.7 Å². The molecule has 9 heteroatoms. The summed E-state index contributed by atoms with van der Waals surface area (Å²) >= 11 is 2.49. The summed E-state index contributed by atoms with van der Waals surface area (Å²) in [6, 6.07) is 6.34. The van der Waals surface area contributed by atoms with E-state index in [1.807, 2.05) is 26.0 Å². The highest BCUT2D eigenvalue weighted by molar-refractivity contribution is 7.91. The lowest BCUT2D eigenvalue weighted by atomic mass is 10.1. The first-order valence-corrected chi connectivity index (χ1v) is 11.6. The molecule has 0 saturated carbocycles. The largest absolute Gasteiger partial charge is 0.301 e. The van der Waals surface area contributed by atoms with E-state index in [4.69, 9.17) is 0 Å². The maximum Gasteiger partial charge on any atom is 0.250 e. The Bertz CT molecular complexity index is 1070. The van der Waals surface area contributed by atoms with Crippen molar-refractivity contribution in [1.82, 2.24) is 9.71 Å². The number of aryl methyl sites for hydroxylation is 2. The van der Waals surface area contributed by atoms with Gasteiger partial charge >= 0.3 is 0 Å². The summed E-state index contributed by atoms with van der Waals surface area (Å²) in [6.45, 7) is 7.59. The summed E-state index contributed by atoms with van der Waals surface area (Å²) in [7, 11) is -3.74. The number of nitrogens with one attached hydrogen (secondary N) is 2. The molecule has 1 unspecified atom stereocenters. The summed E-state index contributed by atoms with van der Waals surface area (Å²) < 4.78 is 28.7. The van der Waals surface area contributed by atoms with Crippen molar-refractivity contribution in [2.24, 2.45) is 5.92 Å². The topological polar surface area (TPSA) is 88.2 Å². The van der Waals surface area contributed by atoms with Crippen LogP contribution in [0.2, 0.25) is 0 Å². The first-order chi connectivity index (χ1) is 12.7. The molecule has 2 N–H and O–H groups in total. The van der Waals surface area contributed by atoms with E-state index in [1.54, 1.807) is 25.3 Å². The molecule has 1 atom stereocenters. The SMILES string of the molecule is Cc1cc(C)c2nc(NC(=O)C(NS(=O)(=O)c3cccs3)C(C)C)sc2c1. The van der Waals surface area contributed by atoms with E-state index >= 15 is 0 Å². The number of hydrogen-bond donors (Lipinski definition) is 2. The van der Waals surface area contributed by atoms with Crippen LogP contribution in [-0.2, 0) is 14.8 Å². The zero-order valence-corrected chi connectivity index (χ0v) is 17.9. The minimum absolute atomic E-state index is 0.187. The van der Waals surface area contributed by atoms with E-state index < -0.39 is 22.0 Å². The van der Waals surface area contributed by atoms with Crippen molar-refractivity contribution >= 4 is 54.0 Å². The smallest absolute Gasteiger partial charge is 0.250 e. The summed E-state index contributed by atoms with van der Waals surface area (Å²) in [5.41, 5.74) is 3.02. The van der Waals surface area contributed by atoms with Crippen molar-refractivity contribution < 1.29 is 13.2 Å². The molecular formula is C18H21N3O3S3. The van der Waals surface area contributed by atoms with Crippen LogP contribution in [0.15, 0.2) is 33.9 Å². The number of carbonyl (C=O) groups is 1. The standard InChI is InChI=1S/C18H21N3O3S3/c1-10(2)15(21-27(23,24)14-6-5-7-25-14)17(22)20-18-19-16-12(4)8-11(3)9-13(16)26-18/h5-10,15,21H,1-4H3,(H,19,20,22). The summed E-state index contributed by atoms with van der Waals surface area (Å²) in [5, 5.41) is 4.92. The Hall–Kier alpha value is -1.81. The summed E-state index contributed by atoms with van der Waals surface area (Å²) in [6.07, 6.45) is 0. The second kappa shape index (κ2) is 7.67. The van der Waals surface area contributed by atoms with E-state index in [0.29, 0.717) is 5.13 Å². The van der Waals surface area contributed by atoms with Gasteiger partial charge < -0.3 is 5.32 Å². The van der Waals surface area contributed by atoms with Gasteiger partial charge in [0, 0.05) is 0 Å².